The van der Waals surface area contributed by atoms with Gasteiger partial charge in [-0.1, -0.05) is 0 Å². The molecule has 1 aromatic rings. The highest BCUT2D eigenvalue weighted by atomic mass is 79.9. The highest BCUT2D eigenvalue weighted by molar-refractivity contribution is 9.10. The van der Waals surface area contributed by atoms with E-state index in [1.54, 1.807) is 6.20 Å². The largest absolute Gasteiger partial charge is 0.471 e. The molecule has 2 heterocycles. The van der Waals surface area contributed by atoms with Gasteiger partial charge in [-0.15, -0.1) is 0 Å². The van der Waals surface area contributed by atoms with Gasteiger partial charge >= 0.3 is 0 Å². The Labute approximate surface area is 114 Å². The van der Waals surface area contributed by atoms with Crippen LogP contribution in [0.25, 0.3) is 0 Å². The monoisotopic (exact) mass is 332 g/mol. The van der Waals surface area contributed by atoms with Gasteiger partial charge in [0.15, 0.2) is 0 Å². The Morgan fingerprint density at radius 2 is 2.11 bits per heavy atom. The van der Waals surface area contributed by atoms with E-state index >= 15 is 0 Å². The molecule has 1 aliphatic carbocycles. The predicted octanol–water partition coefficient (Wildman–Crippen LogP) is 1.40. The second-order valence-electron chi connectivity index (χ2n) is 4.59. The van der Waals surface area contributed by atoms with Crippen LogP contribution in [0.1, 0.15) is 12.8 Å². The van der Waals surface area contributed by atoms with E-state index in [-0.39, 0.29) is 11.4 Å². The lowest BCUT2D eigenvalue weighted by molar-refractivity contribution is 0.0712. The highest BCUT2D eigenvalue weighted by Gasteiger charge is 2.46. The SMILES string of the molecule is O=S(=O)(C1CC1)N1CC(Oc2ncccc2Br)C1. The van der Waals surface area contributed by atoms with Crippen LogP contribution in [-0.4, -0.2) is 42.2 Å². The molecule has 5 nitrogen and oxygen atoms in total. The first-order chi connectivity index (χ1) is 8.57. The van der Waals surface area contributed by atoms with Crippen molar-refractivity contribution in [2.75, 3.05) is 13.1 Å². The van der Waals surface area contributed by atoms with Crippen LogP contribution >= 0.6 is 15.9 Å². The molecule has 0 N–H and O–H groups in total. The number of halogens is 1. The molecule has 1 saturated heterocycles. The Bertz CT molecular complexity index is 553. The first-order valence-electron chi connectivity index (χ1n) is 5.83. The number of ether oxygens (including phenoxy) is 1. The van der Waals surface area contributed by atoms with Crippen molar-refractivity contribution in [1.82, 2.24) is 9.29 Å². The van der Waals surface area contributed by atoms with Crippen LogP contribution < -0.4 is 4.74 Å². The lowest BCUT2D eigenvalue weighted by Crippen LogP contribution is -2.56. The minimum atomic E-state index is -3.04. The fourth-order valence-corrected chi connectivity index (χ4v) is 4.13. The molecule has 0 aromatic carbocycles. The van der Waals surface area contributed by atoms with Crippen LogP contribution in [0.2, 0.25) is 0 Å². The number of aromatic nitrogens is 1. The van der Waals surface area contributed by atoms with Gasteiger partial charge in [0, 0.05) is 6.20 Å². The minimum Gasteiger partial charge on any atom is -0.471 e. The molecule has 3 rings (SSSR count). The number of hydrogen-bond acceptors (Lipinski definition) is 4. The van der Waals surface area contributed by atoms with Gasteiger partial charge in [0.1, 0.15) is 6.10 Å². The maximum Gasteiger partial charge on any atom is 0.228 e. The Hall–Kier alpha value is -0.660. The van der Waals surface area contributed by atoms with Crippen molar-refractivity contribution in [3.8, 4) is 5.88 Å². The van der Waals surface area contributed by atoms with Gasteiger partial charge in [0.2, 0.25) is 15.9 Å². The van der Waals surface area contributed by atoms with E-state index in [0.29, 0.717) is 19.0 Å². The molecule has 1 aromatic heterocycles. The van der Waals surface area contributed by atoms with Crippen molar-refractivity contribution in [2.45, 2.75) is 24.2 Å². The number of pyridine rings is 1. The molecular weight excluding hydrogens is 320 g/mol. The predicted molar refractivity (Wildman–Crippen MR) is 69.9 cm³/mol. The van der Waals surface area contributed by atoms with Crippen molar-refractivity contribution in [3.05, 3.63) is 22.8 Å². The molecule has 0 unspecified atom stereocenters. The third kappa shape index (κ3) is 2.26. The van der Waals surface area contributed by atoms with Crippen molar-refractivity contribution >= 4 is 26.0 Å². The first-order valence-corrected chi connectivity index (χ1v) is 8.13. The van der Waals surface area contributed by atoms with E-state index in [2.05, 4.69) is 20.9 Å². The van der Waals surface area contributed by atoms with Gasteiger partial charge < -0.3 is 4.74 Å². The van der Waals surface area contributed by atoms with Crippen molar-refractivity contribution in [2.24, 2.45) is 0 Å². The normalized spacial score (nSPS) is 21.6. The van der Waals surface area contributed by atoms with Crippen LogP contribution in [-0.2, 0) is 10.0 Å². The van der Waals surface area contributed by atoms with E-state index in [9.17, 15) is 8.42 Å². The number of rotatable bonds is 4. The molecule has 18 heavy (non-hydrogen) atoms. The molecule has 1 aliphatic heterocycles. The quantitative estimate of drug-likeness (QED) is 0.836. The topological polar surface area (TPSA) is 59.5 Å². The summed E-state index contributed by atoms with van der Waals surface area (Å²) in [5.41, 5.74) is 0. The molecule has 0 amide bonds. The Kier molecular flexibility index (Phi) is 3.07. The van der Waals surface area contributed by atoms with Crippen molar-refractivity contribution < 1.29 is 13.2 Å². The van der Waals surface area contributed by atoms with Gasteiger partial charge in [-0.3, -0.25) is 0 Å². The summed E-state index contributed by atoms with van der Waals surface area (Å²) in [7, 11) is -3.04. The third-order valence-electron chi connectivity index (χ3n) is 3.12. The smallest absolute Gasteiger partial charge is 0.228 e. The van der Waals surface area contributed by atoms with Crippen molar-refractivity contribution in [3.63, 3.8) is 0 Å². The first kappa shape index (κ1) is 12.4. The van der Waals surface area contributed by atoms with Gasteiger partial charge in [-0.2, -0.15) is 4.31 Å². The zero-order chi connectivity index (χ0) is 12.8. The fourth-order valence-electron chi connectivity index (χ4n) is 1.88. The van der Waals surface area contributed by atoms with Crippen LogP contribution in [0.3, 0.4) is 0 Å². The van der Waals surface area contributed by atoms with Crippen molar-refractivity contribution in [1.29, 1.82) is 0 Å². The maximum absolute atomic E-state index is 11.9. The summed E-state index contributed by atoms with van der Waals surface area (Å²) in [6, 6.07) is 3.65. The van der Waals surface area contributed by atoms with Crippen LogP contribution in [0.5, 0.6) is 5.88 Å². The summed E-state index contributed by atoms with van der Waals surface area (Å²) >= 11 is 3.35. The van der Waals surface area contributed by atoms with Crippen LogP contribution in [0.15, 0.2) is 22.8 Å². The molecule has 0 atom stereocenters. The number of hydrogen-bond donors (Lipinski definition) is 0. The van der Waals surface area contributed by atoms with E-state index in [4.69, 9.17) is 4.74 Å². The maximum atomic E-state index is 11.9. The van der Waals surface area contributed by atoms with E-state index in [1.807, 2.05) is 12.1 Å². The fraction of sp³-hybridized carbons (Fsp3) is 0.545. The standard InChI is InChI=1S/C11H13BrN2O3S/c12-10-2-1-5-13-11(10)17-8-6-14(7-8)18(15,16)9-3-4-9/h1-2,5,8-9H,3-4,6-7H2. The summed E-state index contributed by atoms with van der Waals surface area (Å²) < 4.78 is 31.7. The highest BCUT2D eigenvalue weighted by Crippen LogP contribution is 2.34. The van der Waals surface area contributed by atoms with Gasteiger partial charge in [0.25, 0.3) is 0 Å². The average Bonchev–Trinajstić information content (AvgIpc) is 3.08. The molecule has 0 bridgehead atoms. The van der Waals surface area contributed by atoms with Gasteiger partial charge in [-0.05, 0) is 40.9 Å². The molecule has 2 aliphatic rings. The zero-order valence-corrected chi connectivity index (χ0v) is 12.0. The molecular formula is C11H13BrN2O3S. The Morgan fingerprint density at radius 1 is 1.39 bits per heavy atom. The number of sulfonamides is 1. The third-order valence-corrected chi connectivity index (χ3v) is 6.06. The summed E-state index contributed by atoms with van der Waals surface area (Å²) in [5.74, 6) is 0.519. The summed E-state index contributed by atoms with van der Waals surface area (Å²) in [4.78, 5) is 4.10. The van der Waals surface area contributed by atoms with E-state index < -0.39 is 10.0 Å². The molecule has 98 valence electrons. The summed E-state index contributed by atoms with van der Waals surface area (Å²) in [5, 5.41) is -0.139. The van der Waals surface area contributed by atoms with E-state index in [0.717, 1.165) is 17.3 Å². The number of nitrogens with zero attached hydrogens (tertiary/aromatic N) is 2. The Morgan fingerprint density at radius 3 is 2.72 bits per heavy atom. The molecule has 7 heteroatoms. The van der Waals surface area contributed by atoms with E-state index in [1.165, 1.54) is 4.31 Å². The zero-order valence-electron chi connectivity index (χ0n) is 9.62. The molecule has 0 spiro atoms. The lowest BCUT2D eigenvalue weighted by atomic mass is 10.2. The Balaban J connectivity index is 1.58. The summed E-state index contributed by atoms with van der Waals surface area (Å²) in [6.07, 6.45) is 3.16. The van der Waals surface area contributed by atoms with Gasteiger partial charge in [0.05, 0.1) is 22.8 Å². The minimum absolute atomic E-state index is 0.0928. The average molecular weight is 333 g/mol. The lowest BCUT2D eigenvalue weighted by Gasteiger charge is -2.37. The molecule has 1 saturated carbocycles. The molecule has 0 radical (unpaired) electrons. The van der Waals surface area contributed by atoms with Gasteiger partial charge in [-0.25, -0.2) is 13.4 Å². The van der Waals surface area contributed by atoms with Crippen LogP contribution in [0, 0.1) is 0 Å². The van der Waals surface area contributed by atoms with Crippen LogP contribution in [0.4, 0.5) is 0 Å². The summed E-state index contributed by atoms with van der Waals surface area (Å²) in [6.45, 7) is 0.865. The second kappa shape index (κ2) is 4.47. The molecule has 2 fully saturated rings. The second-order valence-corrected chi connectivity index (χ2v) is 7.66.